The van der Waals surface area contributed by atoms with Gasteiger partial charge >= 0.3 is 6.03 Å². The number of aromatic nitrogens is 3. The number of anilines is 1. The number of carbonyl (C=O) groups excluding carboxylic acids is 1. The molecular weight excluding hydrogens is 314 g/mol. The van der Waals surface area contributed by atoms with Crippen LogP contribution in [0.15, 0.2) is 24.3 Å². The fourth-order valence-electron chi connectivity index (χ4n) is 2.76. The summed E-state index contributed by atoms with van der Waals surface area (Å²) >= 11 is 5.89. The molecule has 0 fully saturated rings. The SMILES string of the molecule is O=C(NCCc1nnc2n1CCCCC2)Nc1cccc(Cl)c1. The number of rotatable bonds is 4. The number of hydrogen-bond acceptors (Lipinski definition) is 3. The topological polar surface area (TPSA) is 71.8 Å². The Balaban J connectivity index is 1.50. The average Bonchev–Trinajstić information content (AvgIpc) is 2.76. The van der Waals surface area contributed by atoms with Gasteiger partial charge in [-0.05, 0) is 31.0 Å². The van der Waals surface area contributed by atoms with E-state index in [1.54, 1.807) is 24.3 Å². The minimum absolute atomic E-state index is 0.247. The predicted octanol–water partition coefficient (Wildman–Crippen LogP) is 3.02. The largest absolute Gasteiger partial charge is 0.337 e. The van der Waals surface area contributed by atoms with Crippen molar-refractivity contribution >= 4 is 23.3 Å². The molecule has 1 aliphatic heterocycles. The first-order valence-corrected chi connectivity index (χ1v) is 8.31. The molecule has 0 spiro atoms. The molecule has 0 radical (unpaired) electrons. The molecule has 0 atom stereocenters. The molecule has 7 heteroatoms. The van der Waals surface area contributed by atoms with Crippen LogP contribution in [0.3, 0.4) is 0 Å². The molecule has 0 saturated carbocycles. The van der Waals surface area contributed by atoms with Gasteiger partial charge in [-0.2, -0.15) is 0 Å². The molecule has 0 bridgehead atoms. The lowest BCUT2D eigenvalue weighted by atomic mass is 10.2. The summed E-state index contributed by atoms with van der Waals surface area (Å²) in [5.41, 5.74) is 0.673. The quantitative estimate of drug-likeness (QED) is 0.903. The highest BCUT2D eigenvalue weighted by atomic mass is 35.5. The third kappa shape index (κ3) is 4.22. The number of nitrogens with zero attached hydrogens (tertiary/aromatic N) is 3. The maximum Gasteiger partial charge on any atom is 0.319 e. The Hall–Kier alpha value is -2.08. The summed E-state index contributed by atoms with van der Waals surface area (Å²) in [4.78, 5) is 11.9. The first-order chi connectivity index (χ1) is 11.2. The molecule has 0 saturated heterocycles. The predicted molar refractivity (Wildman–Crippen MR) is 89.8 cm³/mol. The van der Waals surface area contributed by atoms with Crippen molar-refractivity contribution in [3.05, 3.63) is 40.9 Å². The van der Waals surface area contributed by atoms with E-state index in [0.717, 1.165) is 24.6 Å². The van der Waals surface area contributed by atoms with Gasteiger partial charge in [0.05, 0.1) is 0 Å². The van der Waals surface area contributed by atoms with Crippen LogP contribution in [0.5, 0.6) is 0 Å². The van der Waals surface area contributed by atoms with Crippen molar-refractivity contribution in [2.45, 2.75) is 38.6 Å². The van der Waals surface area contributed by atoms with Crippen LogP contribution in [-0.2, 0) is 19.4 Å². The van der Waals surface area contributed by atoms with E-state index in [9.17, 15) is 4.79 Å². The third-order valence-electron chi connectivity index (χ3n) is 3.90. The van der Waals surface area contributed by atoms with Crippen LogP contribution in [0.2, 0.25) is 5.02 Å². The lowest BCUT2D eigenvalue weighted by Crippen LogP contribution is -2.31. The van der Waals surface area contributed by atoms with Gasteiger partial charge in [-0.3, -0.25) is 0 Å². The van der Waals surface area contributed by atoms with Gasteiger partial charge in [0.15, 0.2) is 0 Å². The zero-order chi connectivity index (χ0) is 16.1. The maximum absolute atomic E-state index is 11.9. The van der Waals surface area contributed by atoms with Crippen LogP contribution >= 0.6 is 11.6 Å². The zero-order valence-corrected chi connectivity index (χ0v) is 13.6. The van der Waals surface area contributed by atoms with Gasteiger partial charge in [-0.25, -0.2) is 4.79 Å². The summed E-state index contributed by atoms with van der Waals surface area (Å²) in [5, 5.41) is 14.7. The molecule has 2 N–H and O–H groups in total. The third-order valence-corrected chi connectivity index (χ3v) is 4.14. The summed E-state index contributed by atoms with van der Waals surface area (Å²) in [6, 6.07) is 6.82. The number of benzene rings is 1. The molecule has 2 aromatic rings. The number of amides is 2. The molecule has 2 amide bonds. The van der Waals surface area contributed by atoms with Crippen LogP contribution in [-0.4, -0.2) is 27.3 Å². The zero-order valence-electron chi connectivity index (χ0n) is 12.9. The summed E-state index contributed by atoms with van der Waals surface area (Å²) in [6.07, 6.45) is 5.26. The highest BCUT2D eigenvalue weighted by molar-refractivity contribution is 6.30. The Morgan fingerprint density at radius 3 is 3.04 bits per heavy atom. The summed E-state index contributed by atoms with van der Waals surface area (Å²) in [6.45, 7) is 1.50. The summed E-state index contributed by atoms with van der Waals surface area (Å²) in [7, 11) is 0. The minimum Gasteiger partial charge on any atom is -0.337 e. The number of carbonyl (C=O) groups is 1. The number of hydrogen-bond donors (Lipinski definition) is 2. The van der Waals surface area contributed by atoms with E-state index in [1.165, 1.54) is 19.3 Å². The molecule has 0 aliphatic carbocycles. The van der Waals surface area contributed by atoms with Crippen molar-refractivity contribution < 1.29 is 4.79 Å². The highest BCUT2D eigenvalue weighted by Crippen LogP contribution is 2.15. The molecular formula is C16H20ClN5O. The van der Waals surface area contributed by atoms with E-state index in [0.29, 0.717) is 23.7 Å². The van der Waals surface area contributed by atoms with Gasteiger partial charge in [-0.15, -0.1) is 10.2 Å². The first kappa shape index (κ1) is 15.8. The van der Waals surface area contributed by atoms with E-state index in [1.807, 2.05) is 0 Å². The van der Waals surface area contributed by atoms with Gasteiger partial charge in [0.1, 0.15) is 11.6 Å². The maximum atomic E-state index is 11.9. The van der Waals surface area contributed by atoms with E-state index < -0.39 is 0 Å². The van der Waals surface area contributed by atoms with Crippen LogP contribution in [0, 0.1) is 0 Å². The molecule has 2 heterocycles. The molecule has 0 unspecified atom stereocenters. The molecule has 1 aromatic carbocycles. The molecule has 1 aliphatic rings. The van der Waals surface area contributed by atoms with Gasteiger partial charge in [0.2, 0.25) is 0 Å². The van der Waals surface area contributed by atoms with Gasteiger partial charge in [0, 0.05) is 36.6 Å². The molecule has 6 nitrogen and oxygen atoms in total. The fourth-order valence-corrected chi connectivity index (χ4v) is 2.95. The monoisotopic (exact) mass is 333 g/mol. The van der Waals surface area contributed by atoms with E-state index in [2.05, 4.69) is 25.4 Å². The van der Waals surface area contributed by atoms with Crippen LogP contribution in [0.4, 0.5) is 10.5 Å². The lowest BCUT2D eigenvalue weighted by molar-refractivity contribution is 0.252. The summed E-state index contributed by atoms with van der Waals surface area (Å²) < 4.78 is 2.20. The molecule has 122 valence electrons. The van der Waals surface area contributed by atoms with Crippen molar-refractivity contribution in [1.29, 1.82) is 0 Å². The first-order valence-electron chi connectivity index (χ1n) is 7.94. The van der Waals surface area contributed by atoms with Gasteiger partial charge in [-0.1, -0.05) is 24.1 Å². The van der Waals surface area contributed by atoms with E-state index in [4.69, 9.17) is 11.6 Å². The van der Waals surface area contributed by atoms with E-state index in [-0.39, 0.29) is 6.03 Å². The second kappa shape index (κ2) is 7.46. The van der Waals surface area contributed by atoms with Crippen molar-refractivity contribution in [2.75, 3.05) is 11.9 Å². The Kier molecular flexibility index (Phi) is 5.12. The number of nitrogens with one attached hydrogen (secondary N) is 2. The van der Waals surface area contributed by atoms with Gasteiger partial charge in [0.25, 0.3) is 0 Å². The standard InChI is InChI=1S/C16H20ClN5O/c17-12-5-4-6-13(11-12)19-16(23)18-9-8-15-21-20-14-7-2-1-3-10-22(14)15/h4-6,11H,1-3,7-10H2,(H2,18,19,23). The van der Waals surface area contributed by atoms with E-state index >= 15 is 0 Å². The normalized spacial score (nSPS) is 14.0. The molecule has 3 rings (SSSR count). The van der Waals surface area contributed by atoms with Gasteiger partial charge < -0.3 is 15.2 Å². The van der Waals surface area contributed by atoms with Crippen molar-refractivity contribution in [2.24, 2.45) is 0 Å². The van der Waals surface area contributed by atoms with Crippen LogP contribution < -0.4 is 10.6 Å². The number of urea groups is 1. The fraction of sp³-hybridized carbons (Fsp3) is 0.438. The Labute approximate surface area is 140 Å². The smallest absolute Gasteiger partial charge is 0.319 e. The molecule has 1 aromatic heterocycles. The minimum atomic E-state index is -0.247. The average molecular weight is 334 g/mol. The Bertz CT molecular complexity index is 685. The molecule has 23 heavy (non-hydrogen) atoms. The number of aryl methyl sites for hydroxylation is 1. The van der Waals surface area contributed by atoms with Crippen molar-refractivity contribution in [3.8, 4) is 0 Å². The lowest BCUT2D eigenvalue weighted by Gasteiger charge is -2.09. The number of halogens is 1. The van der Waals surface area contributed by atoms with Crippen molar-refractivity contribution in [3.63, 3.8) is 0 Å². The Morgan fingerprint density at radius 2 is 2.17 bits per heavy atom. The second-order valence-electron chi connectivity index (χ2n) is 5.64. The summed E-state index contributed by atoms with van der Waals surface area (Å²) in [5.74, 6) is 2.02. The Morgan fingerprint density at radius 1 is 1.26 bits per heavy atom. The number of fused-ring (bicyclic) bond motifs is 1. The van der Waals surface area contributed by atoms with Crippen LogP contribution in [0.1, 0.15) is 30.9 Å². The van der Waals surface area contributed by atoms with Crippen molar-refractivity contribution in [1.82, 2.24) is 20.1 Å². The highest BCUT2D eigenvalue weighted by Gasteiger charge is 2.14. The van der Waals surface area contributed by atoms with Crippen LogP contribution in [0.25, 0.3) is 0 Å². The second-order valence-corrected chi connectivity index (χ2v) is 6.07.